The molecule has 0 bridgehead atoms. The third-order valence-corrected chi connectivity index (χ3v) is 4.78. The minimum atomic E-state index is -0.570. The summed E-state index contributed by atoms with van der Waals surface area (Å²) in [6, 6.07) is 11.5. The molecule has 0 aliphatic carbocycles. The van der Waals surface area contributed by atoms with Crippen LogP contribution < -0.4 is 0 Å². The molecule has 1 N–H and O–H groups in total. The SMILES string of the molecule is CC[C@H](O)c1cc2n(n1)CCCN(C(=O)c1cn(-c3ccccc3)nn1)C2. The van der Waals surface area contributed by atoms with E-state index in [0.29, 0.717) is 30.9 Å². The number of amides is 1. The quantitative estimate of drug-likeness (QED) is 0.762. The van der Waals surface area contributed by atoms with Crippen molar-refractivity contribution in [1.82, 2.24) is 29.7 Å². The van der Waals surface area contributed by atoms with Crippen molar-refractivity contribution in [2.24, 2.45) is 0 Å². The number of aryl methyl sites for hydroxylation is 1. The van der Waals surface area contributed by atoms with Gasteiger partial charge < -0.3 is 10.0 Å². The fourth-order valence-corrected chi connectivity index (χ4v) is 3.26. The highest BCUT2D eigenvalue weighted by molar-refractivity contribution is 5.92. The van der Waals surface area contributed by atoms with Crippen LogP contribution in [0.4, 0.5) is 0 Å². The van der Waals surface area contributed by atoms with Gasteiger partial charge in [0.2, 0.25) is 0 Å². The van der Waals surface area contributed by atoms with E-state index in [9.17, 15) is 9.90 Å². The number of benzene rings is 1. The van der Waals surface area contributed by atoms with Gasteiger partial charge in [-0.1, -0.05) is 30.3 Å². The van der Waals surface area contributed by atoms with Crippen molar-refractivity contribution >= 4 is 5.91 Å². The van der Waals surface area contributed by atoms with Gasteiger partial charge in [0.05, 0.1) is 35.9 Å². The summed E-state index contributed by atoms with van der Waals surface area (Å²) in [5, 5.41) is 22.7. The van der Waals surface area contributed by atoms with E-state index in [1.165, 1.54) is 0 Å². The van der Waals surface area contributed by atoms with Gasteiger partial charge >= 0.3 is 0 Å². The summed E-state index contributed by atoms with van der Waals surface area (Å²) in [4.78, 5) is 14.7. The number of fused-ring (bicyclic) bond motifs is 1. The molecule has 0 spiro atoms. The lowest BCUT2D eigenvalue weighted by molar-refractivity contribution is 0.0739. The summed E-state index contributed by atoms with van der Waals surface area (Å²) in [6.07, 6.45) is 2.50. The molecule has 27 heavy (non-hydrogen) atoms. The van der Waals surface area contributed by atoms with Crippen LogP contribution in [0.1, 0.15) is 47.7 Å². The third-order valence-electron chi connectivity index (χ3n) is 4.78. The van der Waals surface area contributed by atoms with E-state index < -0.39 is 6.10 Å². The predicted octanol–water partition coefficient (Wildman–Crippen LogP) is 1.95. The van der Waals surface area contributed by atoms with Gasteiger partial charge in [-0.3, -0.25) is 9.48 Å². The Morgan fingerprint density at radius 3 is 2.85 bits per heavy atom. The summed E-state index contributed by atoms with van der Waals surface area (Å²) in [7, 11) is 0. The maximum Gasteiger partial charge on any atom is 0.276 e. The second-order valence-corrected chi connectivity index (χ2v) is 6.67. The Balaban J connectivity index is 1.54. The molecule has 1 atom stereocenters. The van der Waals surface area contributed by atoms with Crippen molar-refractivity contribution in [2.45, 2.75) is 39.0 Å². The molecule has 0 radical (unpaired) electrons. The Hall–Kier alpha value is -3.00. The lowest BCUT2D eigenvalue weighted by Gasteiger charge is -2.18. The van der Waals surface area contributed by atoms with Crippen LogP contribution in [0.3, 0.4) is 0 Å². The number of aliphatic hydroxyl groups excluding tert-OH is 1. The normalized spacial score (nSPS) is 15.3. The highest BCUT2D eigenvalue weighted by atomic mass is 16.3. The van der Waals surface area contributed by atoms with Crippen LogP contribution >= 0.6 is 0 Å². The van der Waals surface area contributed by atoms with Crippen molar-refractivity contribution in [1.29, 1.82) is 0 Å². The number of carbonyl (C=O) groups excluding carboxylic acids is 1. The fourth-order valence-electron chi connectivity index (χ4n) is 3.26. The molecule has 0 fully saturated rings. The number of carbonyl (C=O) groups is 1. The summed E-state index contributed by atoms with van der Waals surface area (Å²) < 4.78 is 3.49. The third kappa shape index (κ3) is 3.48. The second kappa shape index (κ2) is 7.32. The Morgan fingerprint density at radius 1 is 1.26 bits per heavy atom. The van der Waals surface area contributed by atoms with Crippen molar-refractivity contribution in [3.63, 3.8) is 0 Å². The molecule has 2 aromatic heterocycles. The zero-order chi connectivity index (χ0) is 18.8. The smallest absolute Gasteiger partial charge is 0.276 e. The molecule has 1 amide bonds. The molecule has 140 valence electrons. The van der Waals surface area contributed by atoms with Gasteiger partial charge in [0.15, 0.2) is 5.69 Å². The van der Waals surface area contributed by atoms with E-state index in [1.54, 1.807) is 15.8 Å². The van der Waals surface area contributed by atoms with Gasteiger partial charge in [0.1, 0.15) is 0 Å². The first-order valence-electron chi connectivity index (χ1n) is 9.17. The van der Waals surface area contributed by atoms with Crippen molar-refractivity contribution < 1.29 is 9.90 Å². The van der Waals surface area contributed by atoms with E-state index >= 15 is 0 Å². The molecule has 1 aliphatic heterocycles. The molecule has 8 nitrogen and oxygen atoms in total. The van der Waals surface area contributed by atoms with Gasteiger partial charge in [-0.25, -0.2) is 4.68 Å². The molecular weight excluding hydrogens is 344 g/mol. The van der Waals surface area contributed by atoms with Crippen molar-refractivity contribution in [2.75, 3.05) is 6.54 Å². The predicted molar refractivity (Wildman–Crippen MR) is 98.2 cm³/mol. The summed E-state index contributed by atoms with van der Waals surface area (Å²) >= 11 is 0. The van der Waals surface area contributed by atoms with Crippen LogP contribution in [0, 0.1) is 0 Å². The Kier molecular flexibility index (Phi) is 4.72. The summed E-state index contributed by atoms with van der Waals surface area (Å²) in [5.41, 5.74) is 2.77. The minimum Gasteiger partial charge on any atom is -0.387 e. The van der Waals surface area contributed by atoms with Crippen LogP contribution in [0.2, 0.25) is 0 Å². The van der Waals surface area contributed by atoms with Gasteiger partial charge in [-0.15, -0.1) is 5.10 Å². The molecule has 8 heteroatoms. The van der Waals surface area contributed by atoms with Gasteiger partial charge in [0.25, 0.3) is 5.91 Å². The average molecular weight is 366 g/mol. The average Bonchev–Trinajstić information content (AvgIpc) is 3.30. The number of aliphatic hydroxyl groups is 1. The summed E-state index contributed by atoms with van der Waals surface area (Å²) in [5.74, 6) is -0.149. The standard InChI is InChI=1S/C19H22N6O2/c1-2-18(26)16-11-15-12-23(9-6-10-24(15)21-16)19(27)17-13-25(22-20-17)14-7-4-3-5-8-14/h3-5,7-8,11,13,18,26H,2,6,9-10,12H2,1H3/t18-/m0/s1. The molecule has 4 rings (SSSR count). The Morgan fingerprint density at radius 2 is 2.07 bits per heavy atom. The van der Waals surface area contributed by atoms with Crippen LogP contribution in [-0.2, 0) is 13.1 Å². The minimum absolute atomic E-state index is 0.149. The van der Waals surface area contributed by atoms with Gasteiger partial charge in [-0.2, -0.15) is 5.10 Å². The maximum atomic E-state index is 12.9. The van der Waals surface area contributed by atoms with Crippen LogP contribution in [0.15, 0.2) is 42.6 Å². The molecule has 3 aromatic rings. The second-order valence-electron chi connectivity index (χ2n) is 6.67. The first-order valence-corrected chi connectivity index (χ1v) is 9.17. The molecule has 0 unspecified atom stereocenters. The monoisotopic (exact) mass is 366 g/mol. The van der Waals surface area contributed by atoms with Gasteiger partial charge in [0, 0.05) is 13.1 Å². The van der Waals surface area contributed by atoms with Gasteiger partial charge in [-0.05, 0) is 31.0 Å². The molecule has 1 aliphatic rings. The van der Waals surface area contributed by atoms with E-state index in [0.717, 1.165) is 24.3 Å². The number of para-hydroxylation sites is 1. The zero-order valence-electron chi connectivity index (χ0n) is 15.2. The highest BCUT2D eigenvalue weighted by Gasteiger charge is 2.24. The number of nitrogens with zero attached hydrogens (tertiary/aromatic N) is 6. The van der Waals surface area contributed by atoms with Crippen LogP contribution in [0.25, 0.3) is 5.69 Å². The maximum absolute atomic E-state index is 12.9. The topological polar surface area (TPSA) is 89.1 Å². The molecular formula is C19H22N6O2. The number of aromatic nitrogens is 5. The zero-order valence-corrected chi connectivity index (χ0v) is 15.2. The molecule has 0 saturated heterocycles. The number of hydrogen-bond donors (Lipinski definition) is 1. The lowest BCUT2D eigenvalue weighted by Crippen LogP contribution is -2.31. The largest absolute Gasteiger partial charge is 0.387 e. The van der Waals surface area contributed by atoms with E-state index in [2.05, 4.69) is 15.4 Å². The Bertz CT molecular complexity index is 933. The summed E-state index contributed by atoms with van der Waals surface area (Å²) in [6.45, 7) is 3.72. The molecule has 3 heterocycles. The fraction of sp³-hybridized carbons (Fsp3) is 0.368. The van der Waals surface area contributed by atoms with E-state index in [4.69, 9.17) is 0 Å². The van der Waals surface area contributed by atoms with Crippen LogP contribution in [0.5, 0.6) is 0 Å². The lowest BCUT2D eigenvalue weighted by atomic mass is 10.2. The first kappa shape index (κ1) is 17.4. The first-order chi connectivity index (χ1) is 13.2. The number of rotatable bonds is 4. The van der Waals surface area contributed by atoms with E-state index in [-0.39, 0.29) is 5.91 Å². The van der Waals surface area contributed by atoms with Crippen molar-refractivity contribution in [3.05, 3.63) is 59.7 Å². The highest BCUT2D eigenvalue weighted by Crippen LogP contribution is 2.21. The van der Waals surface area contributed by atoms with E-state index in [1.807, 2.05) is 48.0 Å². The molecule has 0 saturated carbocycles. The van der Waals surface area contributed by atoms with Crippen LogP contribution in [-0.4, -0.2) is 47.2 Å². The van der Waals surface area contributed by atoms with Crippen molar-refractivity contribution in [3.8, 4) is 5.69 Å². The Labute approximate surface area is 157 Å². The molecule has 1 aromatic carbocycles. The number of hydrogen-bond acceptors (Lipinski definition) is 5.